The highest BCUT2D eigenvalue weighted by molar-refractivity contribution is 5.96. The zero-order valence-electron chi connectivity index (χ0n) is 17.5. The highest BCUT2D eigenvalue weighted by Gasteiger charge is 2.68. The van der Waals surface area contributed by atoms with Crippen molar-refractivity contribution in [2.75, 3.05) is 0 Å². The molecule has 3 saturated carbocycles. The van der Waals surface area contributed by atoms with Crippen LogP contribution in [0, 0.1) is 34.5 Å². The molecule has 0 heterocycles. The number of hydrogen-bond donors (Lipinski definition) is 1. The van der Waals surface area contributed by atoms with E-state index in [1.54, 1.807) is 6.92 Å². The normalized spacial score (nSPS) is 47.7. The number of rotatable bonds is 2. The Morgan fingerprint density at radius 2 is 1.82 bits per heavy atom. The van der Waals surface area contributed by atoms with Crippen molar-refractivity contribution in [3.8, 4) is 0 Å². The van der Waals surface area contributed by atoms with E-state index in [1.807, 2.05) is 6.08 Å². The highest BCUT2D eigenvalue weighted by atomic mass is 16.3. The summed E-state index contributed by atoms with van der Waals surface area (Å²) in [6.45, 7) is 11.5. The van der Waals surface area contributed by atoms with Crippen LogP contribution in [0.25, 0.3) is 0 Å². The summed E-state index contributed by atoms with van der Waals surface area (Å²) in [7, 11) is 0. The van der Waals surface area contributed by atoms with Gasteiger partial charge in [-0.15, -0.1) is 0 Å². The van der Waals surface area contributed by atoms with Crippen LogP contribution < -0.4 is 0 Å². The van der Waals surface area contributed by atoms with Crippen LogP contribution in [0.3, 0.4) is 0 Å². The van der Waals surface area contributed by atoms with Crippen molar-refractivity contribution in [2.24, 2.45) is 34.5 Å². The van der Waals surface area contributed by atoms with Gasteiger partial charge in [0.25, 0.3) is 0 Å². The minimum absolute atomic E-state index is 0.0759. The van der Waals surface area contributed by atoms with Crippen LogP contribution in [0.15, 0.2) is 23.8 Å². The summed E-state index contributed by atoms with van der Waals surface area (Å²) in [6, 6.07) is 0. The number of carbonyl (C=O) groups excluding carboxylic acids is 3. The molecule has 152 valence electrons. The third-order valence-electron chi connectivity index (χ3n) is 9.31. The lowest BCUT2D eigenvalue weighted by molar-refractivity contribution is -0.157. The third kappa shape index (κ3) is 2.18. The van der Waals surface area contributed by atoms with Crippen molar-refractivity contribution >= 4 is 17.3 Å². The van der Waals surface area contributed by atoms with Crippen molar-refractivity contribution < 1.29 is 19.5 Å². The molecule has 1 unspecified atom stereocenters. The Morgan fingerprint density at radius 3 is 2.43 bits per heavy atom. The molecule has 3 fully saturated rings. The van der Waals surface area contributed by atoms with E-state index in [1.165, 1.54) is 6.92 Å². The number of hydrogen-bond acceptors (Lipinski definition) is 4. The molecule has 0 aromatic heterocycles. The lowest BCUT2D eigenvalue weighted by Gasteiger charge is -2.60. The van der Waals surface area contributed by atoms with Gasteiger partial charge >= 0.3 is 0 Å². The topological polar surface area (TPSA) is 71.4 Å². The Kier molecular flexibility index (Phi) is 4.22. The molecule has 0 bridgehead atoms. The van der Waals surface area contributed by atoms with E-state index < -0.39 is 11.0 Å². The largest absolute Gasteiger partial charge is 0.377 e. The van der Waals surface area contributed by atoms with Gasteiger partial charge in [0.15, 0.2) is 11.6 Å². The van der Waals surface area contributed by atoms with E-state index in [0.717, 1.165) is 31.3 Å². The standard InChI is InChI=1S/C24H32O4/c1-13-10-21-18-7-6-16-11-17(27)12-20(14(2)25)23(16,5)19(18)8-9-22(21,4)24(13,28)15(3)26/h11,18-21,28H,1,6-10,12H2,2-5H3/t18-,19+,20?,21+,22+,23+,24+/m1/s1. The van der Waals surface area contributed by atoms with E-state index in [4.69, 9.17) is 0 Å². The smallest absolute Gasteiger partial charge is 0.166 e. The van der Waals surface area contributed by atoms with Crippen molar-refractivity contribution in [1.82, 2.24) is 0 Å². The predicted molar refractivity (Wildman–Crippen MR) is 106 cm³/mol. The van der Waals surface area contributed by atoms with Gasteiger partial charge in [0.2, 0.25) is 0 Å². The fourth-order valence-electron chi connectivity index (χ4n) is 7.82. The van der Waals surface area contributed by atoms with E-state index in [2.05, 4.69) is 20.4 Å². The summed E-state index contributed by atoms with van der Waals surface area (Å²) < 4.78 is 0. The van der Waals surface area contributed by atoms with Crippen LogP contribution in [0.4, 0.5) is 0 Å². The van der Waals surface area contributed by atoms with Crippen LogP contribution in [0.1, 0.15) is 66.2 Å². The van der Waals surface area contributed by atoms with Gasteiger partial charge in [-0.1, -0.05) is 26.0 Å². The van der Waals surface area contributed by atoms with Gasteiger partial charge in [0.05, 0.1) is 0 Å². The number of ketones is 3. The summed E-state index contributed by atoms with van der Waals surface area (Å²) in [5, 5.41) is 11.4. The van der Waals surface area contributed by atoms with Crippen LogP contribution in [0.2, 0.25) is 0 Å². The van der Waals surface area contributed by atoms with E-state index in [-0.39, 0.29) is 34.6 Å². The van der Waals surface area contributed by atoms with Gasteiger partial charge in [-0.25, -0.2) is 0 Å². The van der Waals surface area contributed by atoms with Gasteiger partial charge in [-0.05, 0) is 75.4 Å². The fourth-order valence-corrected chi connectivity index (χ4v) is 7.82. The predicted octanol–water partition coefficient (Wildman–Crippen LogP) is 3.82. The zero-order chi connectivity index (χ0) is 20.6. The second-order valence-corrected chi connectivity index (χ2v) is 10.2. The van der Waals surface area contributed by atoms with Gasteiger partial charge in [-0.2, -0.15) is 0 Å². The van der Waals surface area contributed by atoms with Crippen molar-refractivity contribution in [2.45, 2.75) is 71.8 Å². The Balaban J connectivity index is 1.78. The summed E-state index contributed by atoms with van der Waals surface area (Å²) in [4.78, 5) is 37.3. The molecule has 7 atom stereocenters. The number of fused-ring (bicyclic) bond motifs is 5. The molecule has 0 aromatic rings. The molecule has 0 spiro atoms. The molecule has 0 saturated heterocycles. The first kappa shape index (κ1) is 19.8. The molecule has 4 aliphatic carbocycles. The molecular formula is C24H32O4. The lowest BCUT2D eigenvalue weighted by atomic mass is 9.44. The molecule has 0 amide bonds. The number of Topliss-reactive ketones (excluding diaryl/α,β-unsaturated/α-hetero) is 2. The molecule has 4 heteroatoms. The Hall–Kier alpha value is -1.55. The van der Waals surface area contributed by atoms with E-state index in [9.17, 15) is 19.5 Å². The maximum absolute atomic E-state index is 12.5. The van der Waals surface area contributed by atoms with Crippen molar-refractivity contribution in [3.05, 3.63) is 23.8 Å². The molecule has 1 N–H and O–H groups in total. The Labute approximate surface area is 167 Å². The quantitative estimate of drug-likeness (QED) is 0.735. The number of allylic oxidation sites excluding steroid dienone is 1. The first-order valence-corrected chi connectivity index (χ1v) is 10.6. The third-order valence-corrected chi connectivity index (χ3v) is 9.31. The SMILES string of the molecule is C=C1C[C@H]2[C@@H]3CCC4=CC(=O)CC(C(C)=O)[C@]4(C)[C@H]3CC[C@]2(C)[C@@]1(O)C(C)=O. The summed E-state index contributed by atoms with van der Waals surface area (Å²) in [5.74, 6) is 0.549. The van der Waals surface area contributed by atoms with E-state index in [0.29, 0.717) is 30.3 Å². The second kappa shape index (κ2) is 5.98. The molecule has 0 aliphatic heterocycles. The minimum Gasteiger partial charge on any atom is -0.377 e. The van der Waals surface area contributed by atoms with Gasteiger partial charge in [0, 0.05) is 23.2 Å². The van der Waals surface area contributed by atoms with Crippen LogP contribution in [-0.4, -0.2) is 28.1 Å². The van der Waals surface area contributed by atoms with Gasteiger partial charge in [-0.3, -0.25) is 14.4 Å². The average molecular weight is 385 g/mol. The lowest BCUT2D eigenvalue weighted by Crippen LogP contribution is -2.59. The number of carbonyl (C=O) groups is 3. The molecule has 4 aliphatic rings. The molecular weight excluding hydrogens is 352 g/mol. The molecule has 0 aromatic carbocycles. The van der Waals surface area contributed by atoms with Gasteiger partial charge in [0.1, 0.15) is 11.4 Å². The fraction of sp³-hybridized carbons (Fsp3) is 0.708. The molecule has 4 nitrogen and oxygen atoms in total. The van der Waals surface area contributed by atoms with Crippen LogP contribution in [-0.2, 0) is 14.4 Å². The molecule has 28 heavy (non-hydrogen) atoms. The summed E-state index contributed by atoms with van der Waals surface area (Å²) in [5.41, 5.74) is -0.427. The van der Waals surface area contributed by atoms with Crippen LogP contribution >= 0.6 is 0 Å². The average Bonchev–Trinajstić information content (AvgIpc) is 2.83. The van der Waals surface area contributed by atoms with Crippen molar-refractivity contribution in [1.29, 1.82) is 0 Å². The maximum atomic E-state index is 12.5. The molecule has 0 radical (unpaired) electrons. The Bertz CT molecular complexity index is 822. The van der Waals surface area contributed by atoms with Gasteiger partial charge < -0.3 is 5.11 Å². The monoisotopic (exact) mass is 384 g/mol. The number of aliphatic hydroxyl groups is 1. The summed E-state index contributed by atoms with van der Waals surface area (Å²) in [6.07, 6.45) is 6.18. The van der Waals surface area contributed by atoms with E-state index >= 15 is 0 Å². The first-order valence-electron chi connectivity index (χ1n) is 10.6. The first-order chi connectivity index (χ1) is 13.0. The van der Waals surface area contributed by atoms with Crippen molar-refractivity contribution in [3.63, 3.8) is 0 Å². The maximum Gasteiger partial charge on any atom is 0.166 e. The minimum atomic E-state index is -1.44. The van der Waals surface area contributed by atoms with Crippen LogP contribution in [0.5, 0.6) is 0 Å². The highest BCUT2D eigenvalue weighted by Crippen LogP contribution is 2.69. The second-order valence-electron chi connectivity index (χ2n) is 10.2. The molecule has 4 rings (SSSR count). The Morgan fingerprint density at radius 1 is 1.14 bits per heavy atom. The zero-order valence-corrected chi connectivity index (χ0v) is 17.5. The summed E-state index contributed by atoms with van der Waals surface area (Å²) >= 11 is 0.